The highest BCUT2D eigenvalue weighted by Crippen LogP contribution is 2.29. The molecule has 18 heavy (non-hydrogen) atoms. The highest BCUT2D eigenvalue weighted by Gasteiger charge is 2.16. The molecule has 3 rings (SSSR count). The number of halogens is 1. The Labute approximate surface area is 106 Å². The smallest absolute Gasteiger partial charge is 0.123 e. The van der Waals surface area contributed by atoms with Crippen LogP contribution >= 0.6 is 0 Å². The van der Waals surface area contributed by atoms with Gasteiger partial charge in [0.05, 0.1) is 12.2 Å². The van der Waals surface area contributed by atoms with Crippen LogP contribution in [0.1, 0.15) is 38.1 Å². The summed E-state index contributed by atoms with van der Waals surface area (Å²) in [7, 11) is 0. The van der Waals surface area contributed by atoms with Crippen LogP contribution in [0.15, 0.2) is 36.7 Å². The SMILES string of the molecule is Fc1cccc(-c2cnn(C3CCCCC3)c2)c1. The first-order valence-corrected chi connectivity index (χ1v) is 6.63. The zero-order valence-electron chi connectivity index (χ0n) is 10.3. The largest absolute Gasteiger partial charge is 0.269 e. The molecule has 1 aliphatic rings. The molecule has 0 bridgehead atoms. The highest BCUT2D eigenvalue weighted by atomic mass is 19.1. The maximum Gasteiger partial charge on any atom is 0.123 e. The Morgan fingerprint density at radius 2 is 1.94 bits per heavy atom. The lowest BCUT2D eigenvalue weighted by Gasteiger charge is -2.21. The lowest BCUT2D eigenvalue weighted by atomic mass is 9.96. The lowest BCUT2D eigenvalue weighted by Crippen LogP contribution is -2.12. The Morgan fingerprint density at radius 1 is 1.11 bits per heavy atom. The first kappa shape index (κ1) is 11.5. The van der Waals surface area contributed by atoms with E-state index in [0.29, 0.717) is 6.04 Å². The summed E-state index contributed by atoms with van der Waals surface area (Å²) in [6, 6.07) is 7.21. The van der Waals surface area contributed by atoms with Crippen molar-refractivity contribution in [2.24, 2.45) is 0 Å². The van der Waals surface area contributed by atoms with Crippen molar-refractivity contribution in [2.75, 3.05) is 0 Å². The molecule has 0 unspecified atom stereocenters. The third-order valence-corrected chi connectivity index (χ3v) is 3.71. The summed E-state index contributed by atoms with van der Waals surface area (Å²) in [6.07, 6.45) is 10.2. The molecule has 1 fully saturated rings. The number of benzene rings is 1. The molecular formula is C15H17FN2. The number of hydrogen-bond acceptors (Lipinski definition) is 1. The third-order valence-electron chi connectivity index (χ3n) is 3.71. The molecule has 3 heteroatoms. The highest BCUT2D eigenvalue weighted by molar-refractivity contribution is 5.61. The van der Waals surface area contributed by atoms with Gasteiger partial charge in [-0.15, -0.1) is 0 Å². The van der Waals surface area contributed by atoms with Crippen molar-refractivity contribution in [2.45, 2.75) is 38.1 Å². The van der Waals surface area contributed by atoms with Crippen LogP contribution in [-0.2, 0) is 0 Å². The third kappa shape index (κ3) is 2.30. The van der Waals surface area contributed by atoms with Crippen molar-refractivity contribution in [3.63, 3.8) is 0 Å². The summed E-state index contributed by atoms with van der Waals surface area (Å²) < 4.78 is 15.2. The average molecular weight is 244 g/mol. The van der Waals surface area contributed by atoms with Gasteiger partial charge < -0.3 is 0 Å². The van der Waals surface area contributed by atoms with Crippen LogP contribution in [0.3, 0.4) is 0 Å². The first-order chi connectivity index (χ1) is 8.83. The maximum absolute atomic E-state index is 13.2. The predicted molar refractivity (Wildman–Crippen MR) is 69.7 cm³/mol. The van der Waals surface area contributed by atoms with E-state index < -0.39 is 0 Å². The summed E-state index contributed by atoms with van der Waals surface area (Å²) in [5.74, 6) is -0.196. The molecule has 0 radical (unpaired) electrons. The molecule has 94 valence electrons. The Hall–Kier alpha value is -1.64. The molecule has 0 atom stereocenters. The van der Waals surface area contributed by atoms with Gasteiger partial charge in [-0.2, -0.15) is 5.10 Å². The zero-order valence-corrected chi connectivity index (χ0v) is 10.3. The molecule has 1 aliphatic carbocycles. The van der Waals surface area contributed by atoms with E-state index in [1.54, 1.807) is 12.1 Å². The van der Waals surface area contributed by atoms with Crippen LogP contribution in [0.2, 0.25) is 0 Å². The minimum absolute atomic E-state index is 0.196. The van der Waals surface area contributed by atoms with Gasteiger partial charge in [0.2, 0.25) is 0 Å². The quantitative estimate of drug-likeness (QED) is 0.774. The van der Waals surface area contributed by atoms with Gasteiger partial charge in [0, 0.05) is 11.8 Å². The van der Waals surface area contributed by atoms with Crippen LogP contribution in [0.5, 0.6) is 0 Å². The molecule has 0 saturated heterocycles. The molecule has 0 spiro atoms. The second kappa shape index (κ2) is 4.92. The summed E-state index contributed by atoms with van der Waals surface area (Å²) in [5, 5.41) is 4.44. The maximum atomic E-state index is 13.2. The van der Waals surface area contributed by atoms with E-state index in [4.69, 9.17) is 0 Å². The molecular weight excluding hydrogens is 227 g/mol. The summed E-state index contributed by atoms with van der Waals surface area (Å²) >= 11 is 0. The van der Waals surface area contributed by atoms with E-state index in [1.165, 1.54) is 38.2 Å². The zero-order chi connectivity index (χ0) is 12.4. The Bertz CT molecular complexity index is 527. The van der Waals surface area contributed by atoms with Crippen molar-refractivity contribution < 1.29 is 4.39 Å². The van der Waals surface area contributed by atoms with Crippen LogP contribution in [0.25, 0.3) is 11.1 Å². The Balaban J connectivity index is 1.84. The van der Waals surface area contributed by atoms with Gasteiger partial charge in [0.15, 0.2) is 0 Å². The van der Waals surface area contributed by atoms with Gasteiger partial charge in [-0.05, 0) is 30.5 Å². The number of aromatic nitrogens is 2. The molecule has 1 heterocycles. The van der Waals surface area contributed by atoms with Crippen LogP contribution in [-0.4, -0.2) is 9.78 Å². The van der Waals surface area contributed by atoms with Crippen molar-refractivity contribution in [1.29, 1.82) is 0 Å². The minimum atomic E-state index is -0.196. The van der Waals surface area contributed by atoms with Crippen molar-refractivity contribution >= 4 is 0 Å². The lowest BCUT2D eigenvalue weighted by molar-refractivity contribution is 0.329. The fraction of sp³-hybridized carbons (Fsp3) is 0.400. The van der Waals surface area contributed by atoms with E-state index in [2.05, 4.69) is 9.78 Å². The second-order valence-electron chi connectivity index (χ2n) is 5.01. The Kier molecular flexibility index (Phi) is 3.13. The van der Waals surface area contributed by atoms with Gasteiger partial charge in [0.25, 0.3) is 0 Å². The van der Waals surface area contributed by atoms with Crippen molar-refractivity contribution in [3.05, 3.63) is 42.5 Å². The van der Waals surface area contributed by atoms with E-state index in [0.717, 1.165) is 11.1 Å². The van der Waals surface area contributed by atoms with Gasteiger partial charge in [0.1, 0.15) is 5.82 Å². The predicted octanol–water partition coefficient (Wildman–Crippen LogP) is 4.19. The second-order valence-corrected chi connectivity index (χ2v) is 5.01. The van der Waals surface area contributed by atoms with Gasteiger partial charge >= 0.3 is 0 Å². The fourth-order valence-corrected chi connectivity index (χ4v) is 2.70. The standard InChI is InChI=1S/C15H17FN2/c16-14-6-4-5-12(9-14)13-10-17-18(11-13)15-7-2-1-3-8-15/h4-6,9-11,15H,1-3,7-8H2. The minimum Gasteiger partial charge on any atom is -0.269 e. The van der Waals surface area contributed by atoms with Gasteiger partial charge in [-0.25, -0.2) is 4.39 Å². The number of nitrogens with zero attached hydrogens (tertiary/aromatic N) is 2. The molecule has 0 aliphatic heterocycles. The molecule has 2 nitrogen and oxygen atoms in total. The summed E-state index contributed by atoms with van der Waals surface area (Å²) in [5.41, 5.74) is 1.90. The van der Waals surface area contributed by atoms with Crippen molar-refractivity contribution in [1.82, 2.24) is 9.78 Å². The monoisotopic (exact) mass is 244 g/mol. The molecule has 1 aromatic heterocycles. The van der Waals surface area contributed by atoms with E-state index in [-0.39, 0.29) is 5.82 Å². The van der Waals surface area contributed by atoms with Crippen LogP contribution in [0, 0.1) is 5.82 Å². The number of rotatable bonds is 2. The van der Waals surface area contributed by atoms with E-state index >= 15 is 0 Å². The van der Waals surface area contributed by atoms with Crippen LogP contribution < -0.4 is 0 Å². The van der Waals surface area contributed by atoms with Gasteiger partial charge in [-0.1, -0.05) is 31.4 Å². The molecule has 0 amide bonds. The molecule has 1 saturated carbocycles. The molecule has 1 aromatic carbocycles. The average Bonchev–Trinajstić information content (AvgIpc) is 2.89. The molecule has 0 N–H and O–H groups in total. The topological polar surface area (TPSA) is 17.8 Å². The first-order valence-electron chi connectivity index (χ1n) is 6.63. The molecule has 2 aromatic rings. The van der Waals surface area contributed by atoms with Crippen molar-refractivity contribution in [3.8, 4) is 11.1 Å². The number of hydrogen-bond donors (Lipinski definition) is 0. The van der Waals surface area contributed by atoms with Crippen LogP contribution in [0.4, 0.5) is 4.39 Å². The normalized spacial score (nSPS) is 16.9. The summed E-state index contributed by atoms with van der Waals surface area (Å²) in [6.45, 7) is 0. The van der Waals surface area contributed by atoms with Gasteiger partial charge in [-0.3, -0.25) is 4.68 Å². The fourth-order valence-electron chi connectivity index (χ4n) is 2.70. The van der Waals surface area contributed by atoms with E-state index in [1.807, 2.05) is 18.5 Å². The summed E-state index contributed by atoms with van der Waals surface area (Å²) in [4.78, 5) is 0. The van der Waals surface area contributed by atoms with E-state index in [9.17, 15) is 4.39 Å². The Morgan fingerprint density at radius 3 is 2.72 bits per heavy atom.